The van der Waals surface area contributed by atoms with E-state index < -0.39 is 0 Å². The maximum absolute atomic E-state index is 5.90. The summed E-state index contributed by atoms with van der Waals surface area (Å²) in [5.74, 6) is 1.93. The van der Waals surface area contributed by atoms with Crippen LogP contribution in [0.4, 0.5) is 5.82 Å². The second-order valence-corrected chi connectivity index (χ2v) is 6.04. The van der Waals surface area contributed by atoms with Gasteiger partial charge in [-0.3, -0.25) is 0 Å². The SMILES string of the molecule is CNc1nc(C2(OC)CCCCC2)nc2c1CCCC2. The number of methoxy groups -OCH3 is 1. The summed E-state index contributed by atoms with van der Waals surface area (Å²) in [6.45, 7) is 0. The molecule has 0 radical (unpaired) electrons. The van der Waals surface area contributed by atoms with Crippen molar-refractivity contribution in [3.05, 3.63) is 17.1 Å². The van der Waals surface area contributed by atoms with Crippen molar-refractivity contribution in [3.63, 3.8) is 0 Å². The first-order chi connectivity index (χ1) is 9.79. The van der Waals surface area contributed by atoms with E-state index in [0.29, 0.717) is 0 Å². The van der Waals surface area contributed by atoms with E-state index in [0.717, 1.165) is 37.3 Å². The number of fused-ring (bicyclic) bond motifs is 1. The molecular formula is C16H25N3O. The minimum Gasteiger partial charge on any atom is -0.373 e. The first-order valence-electron chi connectivity index (χ1n) is 7.92. The summed E-state index contributed by atoms with van der Waals surface area (Å²) in [6.07, 6.45) is 10.5. The van der Waals surface area contributed by atoms with Gasteiger partial charge in [-0.1, -0.05) is 19.3 Å². The number of hydrogen-bond donors (Lipinski definition) is 1. The van der Waals surface area contributed by atoms with Crippen LogP contribution in [0.2, 0.25) is 0 Å². The highest BCUT2D eigenvalue weighted by Gasteiger charge is 2.37. The Morgan fingerprint density at radius 1 is 1.00 bits per heavy atom. The molecule has 0 amide bonds. The van der Waals surface area contributed by atoms with E-state index in [9.17, 15) is 0 Å². The lowest BCUT2D eigenvalue weighted by molar-refractivity contribution is -0.0515. The smallest absolute Gasteiger partial charge is 0.162 e. The quantitative estimate of drug-likeness (QED) is 0.920. The Balaban J connectivity index is 2.04. The molecule has 4 nitrogen and oxygen atoms in total. The molecule has 110 valence electrons. The maximum Gasteiger partial charge on any atom is 0.162 e. The van der Waals surface area contributed by atoms with Crippen LogP contribution in [0.5, 0.6) is 0 Å². The van der Waals surface area contributed by atoms with Gasteiger partial charge in [0.25, 0.3) is 0 Å². The molecule has 0 atom stereocenters. The van der Waals surface area contributed by atoms with Crippen LogP contribution in [0, 0.1) is 0 Å². The summed E-state index contributed by atoms with van der Waals surface area (Å²) in [5, 5.41) is 3.27. The Morgan fingerprint density at radius 3 is 2.45 bits per heavy atom. The van der Waals surface area contributed by atoms with Gasteiger partial charge in [-0.2, -0.15) is 0 Å². The lowest BCUT2D eigenvalue weighted by atomic mass is 9.83. The maximum atomic E-state index is 5.90. The predicted molar refractivity (Wildman–Crippen MR) is 80.0 cm³/mol. The molecule has 1 aromatic rings. The zero-order chi connectivity index (χ0) is 14.0. The second-order valence-electron chi connectivity index (χ2n) is 6.04. The average Bonchev–Trinajstić information content (AvgIpc) is 2.54. The molecule has 0 spiro atoms. The van der Waals surface area contributed by atoms with E-state index in [2.05, 4.69) is 5.32 Å². The number of nitrogens with zero attached hydrogens (tertiary/aromatic N) is 2. The Kier molecular flexibility index (Phi) is 3.92. The Bertz CT molecular complexity index is 464. The summed E-state index contributed by atoms with van der Waals surface area (Å²) < 4.78 is 5.90. The van der Waals surface area contributed by atoms with Gasteiger partial charge in [0.15, 0.2) is 5.82 Å². The van der Waals surface area contributed by atoms with Crippen LogP contribution in [0.3, 0.4) is 0 Å². The second kappa shape index (κ2) is 5.68. The van der Waals surface area contributed by atoms with Gasteiger partial charge >= 0.3 is 0 Å². The van der Waals surface area contributed by atoms with Crippen molar-refractivity contribution in [1.82, 2.24) is 9.97 Å². The van der Waals surface area contributed by atoms with Gasteiger partial charge in [-0.15, -0.1) is 0 Å². The minimum atomic E-state index is -0.254. The lowest BCUT2D eigenvalue weighted by Crippen LogP contribution is -2.34. The van der Waals surface area contributed by atoms with E-state index in [1.165, 1.54) is 43.4 Å². The number of rotatable bonds is 3. The van der Waals surface area contributed by atoms with Gasteiger partial charge in [0.1, 0.15) is 11.4 Å². The van der Waals surface area contributed by atoms with Crippen molar-refractivity contribution < 1.29 is 4.74 Å². The monoisotopic (exact) mass is 275 g/mol. The van der Waals surface area contributed by atoms with Crippen LogP contribution in [-0.2, 0) is 23.2 Å². The molecule has 3 rings (SSSR count). The van der Waals surface area contributed by atoms with Crippen LogP contribution in [-0.4, -0.2) is 24.1 Å². The number of aromatic nitrogens is 2. The molecular weight excluding hydrogens is 250 g/mol. The van der Waals surface area contributed by atoms with E-state index in [1.807, 2.05) is 14.2 Å². The minimum absolute atomic E-state index is 0.254. The lowest BCUT2D eigenvalue weighted by Gasteiger charge is -2.35. The van der Waals surface area contributed by atoms with Gasteiger partial charge in [-0.05, 0) is 38.5 Å². The van der Waals surface area contributed by atoms with Crippen LogP contribution >= 0.6 is 0 Å². The van der Waals surface area contributed by atoms with Gasteiger partial charge in [0.2, 0.25) is 0 Å². The topological polar surface area (TPSA) is 47.0 Å². The van der Waals surface area contributed by atoms with Gasteiger partial charge < -0.3 is 10.1 Å². The van der Waals surface area contributed by atoms with Crippen LogP contribution in [0.15, 0.2) is 0 Å². The van der Waals surface area contributed by atoms with Crippen molar-refractivity contribution in [2.24, 2.45) is 0 Å². The third-order valence-corrected chi connectivity index (χ3v) is 4.88. The molecule has 1 aromatic heterocycles. The summed E-state index contributed by atoms with van der Waals surface area (Å²) in [4.78, 5) is 9.74. The average molecular weight is 275 g/mol. The molecule has 0 bridgehead atoms. The molecule has 4 heteroatoms. The van der Waals surface area contributed by atoms with Crippen molar-refractivity contribution in [2.75, 3.05) is 19.5 Å². The summed E-state index contributed by atoms with van der Waals surface area (Å²) in [5.41, 5.74) is 2.31. The Labute approximate surface area is 121 Å². The summed E-state index contributed by atoms with van der Waals surface area (Å²) in [7, 11) is 3.77. The highest BCUT2D eigenvalue weighted by Crippen LogP contribution is 2.39. The third-order valence-electron chi connectivity index (χ3n) is 4.88. The molecule has 1 fully saturated rings. The fourth-order valence-electron chi connectivity index (χ4n) is 3.65. The number of nitrogens with one attached hydrogen (secondary N) is 1. The molecule has 2 aliphatic carbocycles. The van der Waals surface area contributed by atoms with E-state index >= 15 is 0 Å². The molecule has 0 aromatic carbocycles. The zero-order valence-electron chi connectivity index (χ0n) is 12.7. The summed E-state index contributed by atoms with van der Waals surface area (Å²) in [6, 6.07) is 0. The standard InChI is InChI=1S/C16H25N3O/c1-17-14-12-8-4-5-9-13(12)18-15(19-14)16(20-2)10-6-3-7-11-16/h3-11H2,1-2H3,(H,17,18,19). The fourth-order valence-corrected chi connectivity index (χ4v) is 3.65. The number of ether oxygens (including phenoxy) is 1. The molecule has 2 aliphatic rings. The zero-order valence-corrected chi connectivity index (χ0v) is 12.7. The van der Waals surface area contributed by atoms with Crippen molar-refractivity contribution in [2.45, 2.75) is 63.4 Å². The van der Waals surface area contributed by atoms with Crippen molar-refractivity contribution >= 4 is 5.82 Å². The number of hydrogen-bond acceptors (Lipinski definition) is 4. The van der Waals surface area contributed by atoms with Crippen molar-refractivity contribution in [1.29, 1.82) is 0 Å². The molecule has 20 heavy (non-hydrogen) atoms. The molecule has 1 saturated carbocycles. The predicted octanol–water partition coefficient (Wildman–Crippen LogP) is 3.20. The molecule has 0 unspecified atom stereocenters. The van der Waals surface area contributed by atoms with E-state index in [-0.39, 0.29) is 5.60 Å². The highest BCUT2D eigenvalue weighted by atomic mass is 16.5. The van der Waals surface area contributed by atoms with E-state index in [4.69, 9.17) is 14.7 Å². The fraction of sp³-hybridized carbons (Fsp3) is 0.750. The first-order valence-corrected chi connectivity index (χ1v) is 7.92. The largest absolute Gasteiger partial charge is 0.373 e. The van der Waals surface area contributed by atoms with Gasteiger partial charge in [-0.25, -0.2) is 9.97 Å². The molecule has 1 heterocycles. The summed E-state index contributed by atoms with van der Waals surface area (Å²) >= 11 is 0. The van der Waals surface area contributed by atoms with Gasteiger partial charge in [0, 0.05) is 25.4 Å². The van der Waals surface area contributed by atoms with E-state index in [1.54, 1.807) is 0 Å². The third kappa shape index (κ3) is 2.30. The highest BCUT2D eigenvalue weighted by molar-refractivity contribution is 5.47. The Hall–Kier alpha value is -1.16. The van der Waals surface area contributed by atoms with Crippen LogP contribution in [0.25, 0.3) is 0 Å². The molecule has 0 aliphatic heterocycles. The van der Waals surface area contributed by atoms with Gasteiger partial charge in [0.05, 0.1) is 0 Å². The van der Waals surface area contributed by atoms with Crippen LogP contribution in [0.1, 0.15) is 62.0 Å². The normalized spacial score (nSPS) is 21.3. The number of anilines is 1. The molecule has 1 N–H and O–H groups in total. The number of aryl methyl sites for hydroxylation is 1. The van der Waals surface area contributed by atoms with Crippen molar-refractivity contribution in [3.8, 4) is 0 Å². The Morgan fingerprint density at radius 2 is 1.75 bits per heavy atom. The molecule has 0 saturated heterocycles. The first kappa shape index (κ1) is 13.8. The van der Waals surface area contributed by atoms with Crippen LogP contribution < -0.4 is 5.32 Å².